The molecule has 3 rings (SSSR count). The molecule has 2 nitrogen and oxygen atoms in total. The second-order valence-corrected chi connectivity index (χ2v) is 6.93. The molecule has 3 aromatic rings. The molecule has 0 aliphatic carbocycles. The predicted octanol–water partition coefficient (Wildman–Crippen LogP) is 6.07. The Hall–Kier alpha value is -1.91. The van der Waals surface area contributed by atoms with Crippen LogP contribution in [0.5, 0.6) is 0 Å². The van der Waals surface area contributed by atoms with Crippen LogP contribution in [-0.4, -0.2) is 5.91 Å². The summed E-state index contributed by atoms with van der Waals surface area (Å²) in [6.45, 7) is 4.11. The standard InChI is InChI=1S/C19H17ClFNOS/c1-3-11-6-5-7-12(4-2)17(11)22-19(23)18-16(20)14-9-8-13(21)10-15(14)24-18/h5-10H,3-4H2,1-2H3,(H,22,23). The number of carbonyl (C=O) groups is 1. The summed E-state index contributed by atoms with van der Waals surface area (Å²) in [4.78, 5) is 13.2. The van der Waals surface area contributed by atoms with Crippen molar-refractivity contribution < 1.29 is 9.18 Å². The molecule has 1 N–H and O–H groups in total. The molecule has 0 fully saturated rings. The fourth-order valence-corrected chi connectivity index (χ4v) is 4.20. The highest BCUT2D eigenvalue weighted by molar-refractivity contribution is 7.21. The summed E-state index contributed by atoms with van der Waals surface area (Å²) in [5, 5.41) is 4.08. The number of rotatable bonds is 4. The first-order chi connectivity index (χ1) is 11.5. The average Bonchev–Trinajstić information content (AvgIpc) is 2.91. The zero-order chi connectivity index (χ0) is 17.3. The quantitative estimate of drug-likeness (QED) is 0.600. The van der Waals surface area contributed by atoms with E-state index in [4.69, 9.17) is 11.6 Å². The first-order valence-corrected chi connectivity index (χ1v) is 9.04. The third-order valence-corrected chi connectivity index (χ3v) is 5.69. The van der Waals surface area contributed by atoms with Gasteiger partial charge in [-0.1, -0.05) is 43.6 Å². The number of hydrogen-bond donors (Lipinski definition) is 1. The normalized spacial score (nSPS) is 11.0. The second kappa shape index (κ2) is 6.91. The van der Waals surface area contributed by atoms with Gasteiger partial charge in [-0.05, 0) is 42.2 Å². The van der Waals surface area contributed by atoms with Crippen LogP contribution in [0.15, 0.2) is 36.4 Å². The van der Waals surface area contributed by atoms with Crippen LogP contribution in [0.2, 0.25) is 5.02 Å². The van der Waals surface area contributed by atoms with E-state index in [-0.39, 0.29) is 11.7 Å². The van der Waals surface area contributed by atoms with Crippen molar-refractivity contribution >= 4 is 44.6 Å². The monoisotopic (exact) mass is 361 g/mol. The van der Waals surface area contributed by atoms with Gasteiger partial charge in [-0.25, -0.2) is 4.39 Å². The summed E-state index contributed by atoms with van der Waals surface area (Å²) in [7, 11) is 0. The van der Waals surface area contributed by atoms with E-state index < -0.39 is 0 Å². The molecule has 0 atom stereocenters. The minimum atomic E-state index is -0.336. The highest BCUT2D eigenvalue weighted by atomic mass is 35.5. The Morgan fingerprint density at radius 3 is 2.46 bits per heavy atom. The number of aryl methyl sites for hydroxylation is 2. The lowest BCUT2D eigenvalue weighted by atomic mass is 10.0. The summed E-state index contributed by atoms with van der Waals surface area (Å²) in [6, 6.07) is 10.4. The molecule has 24 heavy (non-hydrogen) atoms. The lowest BCUT2D eigenvalue weighted by Crippen LogP contribution is -2.14. The van der Waals surface area contributed by atoms with Crippen LogP contribution in [0.25, 0.3) is 10.1 Å². The van der Waals surface area contributed by atoms with E-state index in [1.165, 1.54) is 23.5 Å². The van der Waals surface area contributed by atoms with Gasteiger partial charge in [0, 0.05) is 15.8 Å². The van der Waals surface area contributed by atoms with Gasteiger partial charge in [-0.15, -0.1) is 11.3 Å². The molecule has 5 heteroatoms. The van der Waals surface area contributed by atoms with Crippen molar-refractivity contribution in [2.75, 3.05) is 5.32 Å². The van der Waals surface area contributed by atoms with E-state index >= 15 is 0 Å². The van der Waals surface area contributed by atoms with E-state index in [1.807, 2.05) is 18.2 Å². The van der Waals surface area contributed by atoms with Gasteiger partial charge in [-0.3, -0.25) is 4.79 Å². The van der Waals surface area contributed by atoms with Crippen LogP contribution >= 0.6 is 22.9 Å². The highest BCUT2D eigenvalue weighted by Crippen LogP contribution is 2.36. The van der Waals surface area contributed by atoms with Crippen molar-refractivity contribution in [2.45, 2.75) is 26.7 Å². The Morgan fingerprint density at radius 2 is 1.83 bits per heavy atom. The van der Waals surface area contributed by atoms with Crippen molar-refractivity contribution in [2.24, 2.45) is 0 Å². The van der Waals surface area contributed by atoms with Crippen LogP contribution in [0.1, 0.15) is 34.6 Å². The fraction of sp³-hybridized carbons (Fsp3) is 0.211. The molecule has 1 heterocycles. The predicted molar refractivity (Wildman–Crippen MR) is 99.9 cm³/mol. The fourth-order valence-electron chi connectivity index (χ4n) is 2.76. The van der Waals surface area contributed by atoms with Crippen LogP contribution in [0.4, 0.5) is 10.1 Å². The lowest BCUT2D eigenvalue weighted by Gasteiger charge is -2.14. The van der Waals surface area contributed by atoms with Gasteiger partial charge >= 0.3 is 0 Å². The van der Waals surface area contributed by atoms with Gasteiger partial charge in [0.25, 0.3) is 5.91 Å². The number of amides is 1. The van der Waals surface area contributed by atoms with Crippen molar-refractivity contribution in [3.63, 3.8) is 0 Å². The number of halogens is 2. The Labute approximate surface area is 149 Å². The number of para-hydroxylation sites is 1. The highest BCUT2D eigenvalue weighted by Gasteiger charge is 2.19. The maximum Gasteiger partial charge on any atom is 0.267 e. The summed E-state index contributed by atoms with van der Waals surface area (Å²) < 4.78 is 14.1. The second-order valence-electron chi connectivity index (χ2n) is 5.50. The van der Waals surface area contributed by atoms with Crippen LogP contribution in [0.3, 0.4) is 0 Å². The third kappa shape index (κ3) is 3.04. The zero-order valence-corrected chi connectivity index (χ0v) is 15.0. The molecule has 0 saturated carbocycles. The van der Waals surface area contributed by atoms with Gasteiger partial charge in [0.1, 0.15) is 10.7 Å². The summed E-state index contributed by atoms with van der Waals surface area (Å²) in [5.74, 6) is -0.589. The van der Waals surface area contributed by atoms with Crippen molar-refractivity contribution in [1.29, 1.82) is 0 Å². The molecule has 1 aromatic heterocycles. The molecule has 1 amide bonds. The van der Waals surface area contributed by atoms with Crippen LogP contribution in [-0.2, 0) is 12.8 Å². The minimum Gasteiger partial charge on any atom is -0.321 e. The number of nitrogens with one attached hydrogen (secondary N) is 1. The average molecular weight is 362 g/mol. The van der Waals surface area contributed by atoms with Crippen molar-refractivity contribution in [3.8, 4) is 0 Å². The third-order valence-electron chi connectivity index (χ3n) is 4.04. The van der Waals surface area contributed by atoms with Crippen molar-refractivity contribution in [3.05, 3.63) is 63.2 Å². The molecule has 0 spiro atoms. The van der Waals surface area contributed by atoms with E-state index in [1.54, 1.807) is 6.07 Å². The Morgan fingerprint density at radius 1 is 1.17 bits per heavy atom. The number of hydrogen-bond acceptors (Lipinski definition) is 2. The van der Waals surface area contributed by atoms with Gasteiger partial charge in [0.2, 0.25) is 0 Å². The number of benzene rings is 2. The first-order valence-electron chi connectivity index (χ1n) is 7.84. The van der Waals surface area contributed by atoms with Gasteiger partial charge in [0.15, 0.2) is 0 Å². The molecule has 124 valence electrons. The Balaban J connectivity index is 2.01. The molecule has 0 radical (unpaired) electrons. The van der Waals surface area contributed by atoms with Crippen molar-refractivity contribution in [1.82, 2.24) is 0 Å². The molecule has 0 aliphatic heterocycles. The van der Waals surface area contributed by atoms with E-state index in [2.05, 4.69) is 19.2 Å². The molecule has 0 bridgehead atoms. The Kier molecular flexibility index (Phi) is 4.88. The summed E-state index contributed by atoms with van der Waals surface area (Å²) in [6.07, 6.45) is 1.66. The van der Waals surface area contributed by atoms with E-state index in [9.17, 15) is 9.18 Å². The van der Waals surface area contributed by atoms with Gasteiger partial charge < -0.3 is 5.32 Å². The maximum atomic E-state index is 13.4. The molecule has 0 unspecified atom stereocenters. The number of anilines is 1. The van der Waals surface area contributed by atoms with Crippen LogP contribution < -0.4 is 5.32 Å². The Bertz CT molecular complexity index is 897. The first kappa shape index (κ1) is 16.9. The lowest BCUT2D eigenvalue weighted by molar-refractivity contribution is 0.103. The molecule has 0 saturated heterocycles. The maximum absolute atomic E-state index is 13.4. The van der Waals surface area contributed by atoms with Gasteiger partial charge in [-0.2, -0.15) is 0 Å². The largest absolute Gasteiger partial charge is 0.321 e. The smallest absolute Gasteiger partial charge is 0.267 e. The van der Waals surface area contributed by atoms with Crippen LogP contribution in [0, 0.1) is 5.82 Å². The topological polar surface area (TPSA) is 29.1 Å². The summed E-state index contributed by atoms with van der Waals surface area (Å²) >= 11 is 7.55. The molecule has 0 aliphatic rings. The minimum absolute atomic E-state index is 0.253. The zero-order valence-electron chi connectivity index (χ0n) is 13.5. The van der Waals surface area contributed by atoms with E-state index in [0.717, 1.165) is 29.7 Å². The molecular formula is C19H17ClFNOS. The molecule has 2 aromatic carbocycles. The molecular weight excluding hydrogens is 345 g/mol. The number of carbonyl (C=O) groups excluding carboxylic acids is 1. The SMILES string of the molecule is CCc1cccc(CC)c1NC(=O)c1sc2cc(F)ccc2c1Cl. The van der Waals surface area contributed by atoms with E-state index in [0.29, 0.717) is 20.0 Å². The van der Waals surface area contributed by atoms with Gasteiger partial charge in [0.05, 0.1) is 5.02 Å². The number of thiophene rings is 1. The number of fused-ring (bicyclic) bond motifs is 1. The summed E-state index contributed by atoms with van der Waals surface area (Å²) in [5.41, 5.74) is 3.03.